The van der Waals surface area contributed by atoms with Crippen molar-refractivity contribution in [2.75, 3.05) is 6.16 Å². The molecular weight excluding hydrogens is 359 g/mol. The first-order valence-electron chi connectivity index (χ1n) is 10.9. The van der Waals surface area contributed by atoms with E-state index in [0.717, 1.165) is 25.2 Å². The van der Waals surface area contributed by atoms with Crippen molar-refractivity contribution in [3.05, 3.63) is 71.8 Å². The molecule has 2 aromatic rings. The highest BCUT2D eigenvalue weighted by atomic mass is 31.1. The first kappa shape index (κ1) is 20.1. The second-order valence-electron chi connectivity index (χ2n) is 9.68. The van der Waals surface area contributed by atoms with Crippen LogP contribution in [0, 0.1) is 5.41 Å². The Labute approximate surface area is 172 Å². The fraction of sp³-hybridized carbons (Fsp3) is 0.520. The predicted octanol–water partition coefficient (Wildman–Crippen LogP) is 6.67. The molecule has 1 heterocycles. The van der Waals surface area contributed by atoms with Gasteiger partial charge in [-0.2, -0.15) is 0 Å². The van der Waals surface area contributed by atoms with Gasteiger partial charge in [0.2, 0.25) is 0 Å². The van der Waals surface area contributed by atoms with Crippen LogP contribution in [0.25, 0.3) is 0 Å². The van der Waals surface area contributed by atoms with Crippen molar-refractivity contribution in [1.29, 1.82) is 0 Å². The summed E-state index contributed by atoms with van der Waals surface area (Å²) in [5, 5.41) is 0. The molecule has 2 aromatic carbocycles. The Bertz CT molecular complexity index is 683. The molecule has 150 valence electrons. The highest BCUT2D eigenvalue weighted by molar-refractivity contribution is 7.53. The van der Waals surface area contributed by atoms with Gasteiger partial charge in [-0.3, -0.25) is 9.34 Å². The van der Waals surface area contributed by atoms with Crippen molar-refractivity contribution in [3.63, 3.8) is 0 Å². The van der Waals surface area contributed by atoms with E-state index >= 15 is 0 Å². The Morgan fingerprint density at radius 3 is 1.57 bits per heavy atom. The molecule has 0 radical (unpaired) electrons. The monoisotopic (exact) mass is 394 g/mol. The molecular formula is C25H35N2P. The smallest absolute Gasteiger partial charge is 0.0412 e. The second kappa shape index (κ2) is 8.66. The fourth-order valence-corrected chi connectivity index (χ4v) is 8.21. The molecule has 2 atom stereocenters. The molecule has 0 bridgehead atoms. The van der Waals surface area contributed by atoms with E-state index in [4.69, 9.17) is 0 Å². The predicted molar refractivity (Wildman–Crippen MR) is 121 cm³/mol. The maximum atomic E-state index is 2.92. The van der Waals surface area contributed by atoms with Crippen LogP contribution in [0.3, 0.4) is 0 Å². The van der Waals surface area contributed by atoms with Crippen LogP contribution in [0.2, 0.25) is 0 Å². The molecule has 0 amide bonds. The third kappa shape index (κ3) is 4.67. The summed E-state index contributed by atoms with van der Waals surface area (Å²) < 4.78 is 5.84. The van der Waals surface area contributed by atoms with E-state index in [1.165, 1.54) is 43.0 Å². The summed E-state index contributed by atoms with van der Waals surface area (Å²) in [6.07, 6.45) is 6.81. The molecule has 3 heteroatoms. The Balaban J connectivity index is 1.65. The van der Waals surface area contributed by atoms with Crippen LogP contribution in [0.15, 0.2) is 60.7 Å². The number of hydrogen-bond donors (Lipinski definition) is 0. The van der Waals surface area contributed by atoms with E-state index in [2.05, 4.69) is 90.8 Å². The van der Waals surface area contributed by atoms with E-state index in [0.29, 0.717) is 5.41 Å². The molecule has 28 heavy (non-hydrogen) atoms. The normalized spacial score (nSPS) is 24.4. The Kier molecular flexibility index (Phi) is 6.21. The van der Waals surface area contributed by atoms with Crippen LogP contribution < -0.4 is 0 Å². The third-order valence-electron chi connectivity index (χ3n) is 6.04. The van der Waals surface area contributed by atoms with Crippen LogP contribution in [0.1, 0.15) is 57.6 Å². The van der Waals surface area contributed by atoms with Gasteiger partial charge in [-0.05, 0) is 35.5 Å². The van der Waals surface area contributed by atoms with Crippen LogP contribution in [0.4, 0.5) is 0 Å². The van der Waals surface area contributed by atoms with Gasteiger partial charge in [0.25, 0.3) is 0 Å². The number of rotatable bonds is 5. The molecule has 4 rings (SSSR count). The van der Waals surface area contributed by atoms with Crippen LogP contribution in [0.5, 0.6) is 0 Å². The van der Waals surface area contributed by atoms with E-state index in [1.807, 2.05) is 0 Å². The van der Waals surface area contributed by atoms with Gasteiger partial charge in [-0.1, -0.05) is 94.3 Å². The average Bonchev–Trinajstić information content (AvgIpc) is 2.95. The molecule has 1 saturated heterocycles. The molecule has 0 spiro atoms. The molecule has 1 aliphatic carbocycles. The summed E-state index contributed by atoms with van der Waals surface area (Å²) in [4.78, 5) is 0. The average molecular weight is 395 g/mol. The summed E-state index contributed by atoms with van der Waals surface area (Å²) in [6, 6.07) is 23.7. The summed E-state index contributed by atoms with van der Waals surface area (Å²) in [6.45, 7) is 9.46. The number of benzene rings is 2. The molecule has 0 unspecified atom stereocenters. The minimum absolute atomic E-state index is 0.291. The van der Waals surface area contributed by atoms with Gasteiger partial charge in [-0.25, -0.2) is 0 Å². The Morgan fingerprint density at radius 2 is 1.18 bits per heavy atom. The first-order chi connectivity index (χ1) is 13.5. The van der Waals surface area contributed by atoms with Gasteiger partial charge in [-0.15, -0.1) is 0 Å². The van der Waals surface area contributed by atoms with Crippen LogP contribution in [-0.4, -0.2) is 27.6 Å². The second-order valence-corrected chi connectivity index (χ2v) is 11.8. The van der Waals surface area contributed by atoms with Gasteiger partial charge in [0, 0.05) is 33.4 Å². The summed E-state index contributed by atoms with van der Waals surface area (Å²) in [7, 11) is -0.291. The zero-order chi connectivity index (χ0) is 19.6. The summed E-state index contributed by atoms with van der Waals surface area (Å²) >= 11 is 0. The Morgan fingerprint density at radius 1 is 0.750 bits per heavy atom. The highest BCUT2D eigenvalue weighted by Gasteiger charge is 2.48. The van der Waals surface area contributed by atoms with Gasteiger partial charge < -0.3 is 0 Å². The molecule has 2 nitrogen and oxygen atoms in total. The van der Waals surface area contributed by atoms with Crippen molar-refractivity contribution in [1.82, 2.24) is 9.34 Å². The minimum atomic E-state index is -0.291. The molecule has 2 fully saturated rings. The number of hydrogen-bond acceptors (Lipinski definition) is 2. The summed E-state index contributed by atoms with van der Waals surface area (Å²) in [5.74, 6) is 0. The lowest BCUT2D eigenvalue weighted by Crippen LogP contribution is -2.39. The third-order valence-corrected chi connectivity index (χ3v) is 9.34. The lowest BCUT2D eigenvalue weighted by atomic mass is 9.90. The van der Waals surface area contributed by atoms with Crippen LogP contribution >= 0.6 is 8.22 Å². The van der Waals surface area contributed by atoms with Crippen LogP contribution in [-0.2, 0) is 13.1 Å². The topological polar surface area (TPSA) is 6.48 Å². The van der Waals surface area contributed by atoms with Crippen molar-refractivity contribution < 1.29 is 0 Å². The first-order valence-corrected chi connectivity index (χ1v) is 12.3. The zero-order valence-electron chi connectivity index (χ0n) is 17.7. The van der Waals surface area contributed by atoms with Crippen molar-refractivity contribution in [2.24, 2.45) is 5.41 Å². The Hall–Kier alpha value is -1.21. The summed E-state index contributed by atoms with van der Waals surface area (Å²) in [5.41, 5.74) is 3.29. The molecule has 0 aromatic heterocycles. The van der Waals surface area contributed by atoms with E-state index in [1.54, 1.807) is 0 Å². The molecule has 0 N–H and O–H groups in total. The van der Waals surface area contributed by atoms with Crippen molar-refractivity contribution in [3.8, 4) is 0 Å². The molecule has 2 aliphatic rings. The van der Waals surface area contributed by atoms with Gasteiger partial charge in [0.15, 0.2) is 0 Å². The minimum Gasteiger partial charge on any atom is -0.261 e. The van der Waals surface area contributed by atoms with Gasteiger partial charge >= 0.3 is 0 Å². The fourth-order valence-electron chi connectivity index (χ4n) is 4.82. The van der Waals surface area contributed by atoms with Crippen molar-refractivity contribution >= 4 is 8.22 Å². The largest absolute Gasteiger partial charge is 0.261 e. The van der Waals surface area contributed by atoms with E-state index in [9.17, 15) is 0 Å². The van der Waals surface area contributed by atoms with Gasteiger partial charge in [0.1, 0.15) is 0 Å². The van der Waals surface area contributed by atoms with E-state index < -0.39 is 0 Å². The maximum absolute atomic E-state index is 2.92. The number of fused-ring (bicyclic) bond motifs is 1. The SMILES string of the molecule is CC(C)(C)CP1N(Cc2ccccc2)[C@@H]2CCCC[C@H]2N1Cc1ccccc1. The van der Waals surface area contributed by atoms with Gasteiger partial charge in [0.05, 0.1) is 0 Å². The molecule has 1 saturated carbocycles. The quantitative estimate of drug-likeness (QED) is 0.522. The lowest BCUT2D eigenvalue weighted by Gasteiger charge is -2.36. The van der Waals surface area contributed by atoms with E-state index in [-0.39, 0.29) is 8.22 Å². The van der Waals surface area contributed by atoms with Crippen molar-refractivity contribution in [2.45, 2.75) is 71.6 Å². The maximum Gasteiger partial charge on any atom is 0.0412 e. The zero-order valence-corrected chi connectivity index (χ0v) is 18.6. The number of nitrogens with zero attached hydrogens (tertiary/aromatic N) is 2. The standard InChI is InChI=1S/C25H35N2P/c1-25(2,3)20-28-26(18-21-12-6-4-7-13-21)23-16-10-11-17-24(23)27(28)19-22-14-8-5-9-15-22/h4-9,12-15,23-24H,10-11,16-20H2,1-3H3/t23-,24-/m1/s1. The molecule has 1 aliphatic heterocycles. The lowest BCUT2D eigenvalue weighted by molar-refractivity contribution is 0.197. The highest BCUT2D eigenvalue weighted by Crippen LogP contribution is 2.60.